The Balaban J connectivity index is 2.84. The van der Waals surface area contributed by atoms with Crippen molar-refractivity contribution in [3.63, 3.8) is 0 Å². The summed E-state index contributed by atoms with van der Waals surface area (Å²) in [6.07, 6.45) is 4.59. The molecule has 44 valence electrons. The van der Waals surface area contributed by atoms with E-state index in [-0.39, 0.29) is 0 Å². The van der Waals surface area contributed by atoms with Crippen molar-refractivity contribution < 1.29 is 0 Å². The van der Waals surface area contributed by atoms with Gasteiger partial charge in [0.25, 0.3) is 0 Å². The number of hydrogen-bond donors (Lipinski definition) is 0. The number of nitrogens with zero attached hydrogens (tertiary/aromatic N) is 2. The van der Waals surface area contributed by atoms with Crippen LogP contribution in [0.15, 0.2) is 12.4 Å². The Kier molecular flexibility index (Phi) is 2.99. The number of hydrogen-bond acceptors (Lipinski definition) is 1. The number of aromatic nitrogens is 2. The third-order valence-corrected chi connectivity index (χ3v) is 3.10. The second-order valence-electron chi connectivity index (χ2n) is 1.19. The van der Waals surface area contributed by atoms with Crippen molar-refractivity contribution in [2.75, 3.05) is 0 Å². The molecule has 0 radical (unpaired) electrons. The van der Waals surface area contributed by atoms with Gasteiger partial charge in [0, 0.05) is 6.20 Å². The standard InChI is InChI=1S/C3H3I2N2P/c4-3-1-6-7(2-3)8-5/h1-2,8H. The fraction of sp³-hybridized carbons (Fsp3) is 0. The molecule has 0 saturated carbocycles. The maximum atomic E-state index is 4.05. The van der Waals surface area contributed by atoms with E-state index < -0.39 is 0 Å². The number of halogens is 2. The normalized spacial score (nSPS) is 11.2. The SMILES string of the molecule is IPn1cc(I)cn1. The van der Waals surface area contributed by atoms with Crippen molar-refractivity contribution in [3.05, 3.63) is 16.0 Å². The van der Waals surface area contributed by atoms with Crippen LogP contribution < -0.4 is 0 Å². The van der Waals surface area contributed by atoms with E-state index >= 15 is 0 Å². The maximum Gasteiger partial charge on any atom is 0.0677 e. The lowest BCUT2D eigenvalue weighted by molar-refractivity contribution is 1.01. The lowest BCUT2D eigenvalue weighted by Gasteiger charge is -1.86. The molecule has 0 saturated heterocycles. The van der Waals surface area contributed by atoms with Gasteiger partial charge in [-0.2, -0.15) is 5.10 Å². The molecule has 0 spiro atoms. The molecule has 5 heteroatoms. The monoisotopic (exact) mass is 352 g/mol. The van der Waals surface area contributed by atoms with Crippen LogP contribution in [0.4, 0.5) is 0 Å². The summed E-state index contributed by atoms with van der Waals surface area (Å²) in [4.78, 5) is 0. The molecule has 1 rings (SSSR count). The van der Waals surface area contributed by atoms with Gasteiger partial charge in [-0.05, 0) is 44.6 Å². The zero-order valence-electron chi connectivity index (χ0n) is 3.81. The van der Waals surface area contributed by atoms with Crippen molar-refractivity contribution in [2.24, 2.45) is 0 Å². The molecule has 0 aromatic carbocycles. The van der Waals surface area contributed by atoms with Crippen LogP contribution in [0, 0.1) is 3.57 Å². The molecule has 1 heterocycles. The van der Waals surface area contributed by atoms with Gasteiger partial charge in [-0.25, -0.2) is 4.45 Å². The molecular weight excluding hydrogens is 349 g/mol. The highest BCUT2D eigenvalue weighted by Gasteiger charge is 1.88. The van der Waals surface area contributed by atoms with Gasteiger partial charge in [0.2, 0.25) is 0 Å². The fourth-order valence-corrected chi connectivity index (χ4v) is 2.08. The summed E-state index contributed by atoms with van der Waals surface area (Å²) in [5, 5.41) is 4.05. The van der Waals surface area contributed by atoms with E-state index in [4.69, 9.17) is 0 Å². The van der Waals surface area contributed by atoms with Crippen molar-refractivity contribution >= 4 is 51.0 Å². The molecule has 1 atom stereocenters. The Morgan fingerprint density at radius 3 is 2.75 bits per heavy atom. The van der Waals surface area contributed by atoms with Gasteiger partial charge in [-0.3, -0.25) is 0 Å². The summed E-state index contributed by atoms with van der Waals surface area (Å²) in [5.74, 6) is 0. The van der Waals surface area contributed by atoms with Crippen LogP contribution >= 0.6 is 51.0 Å². The first-order valence-corrected chi connectivity index (χ1v) is 7.04. The van der Waals surface area contributed by atoms with Crippen LogP contribution in [0.3, 0.4) is 0 Å². The van der Waals surface area contributed by atoms with Crippen LogP contribution in [0.1, 0.15) is 0 Å². The molecule has 0 aliphatic rings. The fourth-order valence-electron chi connectivity index (χ4n) is 0.347. The molecule has 0 aliphatic carbocycles. The average Bonchev–Trinajstić information content (AvgIpc) is 2.14. The lowest BCUT2D eigenvalue weighted by Crippen LogP contribution is -1.75. The van der Waals surface area contributed by atoms with Crippen molar-refractivity contribution in [1.82, 2.24) is 9.55 Å². The lowest BCUT2D eigenvalue weighted by atomic mass is 10.8. The molecule has 2 nitrogen and oxygen atoms in total. The molecule has 1 aromatic rings. The Morgan fingerprint density at radius 2 is 2.50 bits per heavy atom. The minimum Gasteiger partial charge on any atom is -0.244 e. The first kappa shape index (κ1) is 7.21. The van der Waals surface area contributed by atoms with Gasteiger partial charge in [0.15, 0.2) is 0 Å². The van der Waals surface area contributed by atoms with E-state index in [1.165, 1.54) is 3.57 Å². The summed E-state index contributed by atoms with van der Waals surface area (Å²) in [7, 11) is 0. The smallest absolute Gasteiger partial charge is 0.0677 e. The van der Waals surface area contributed by atoms with Gasteiger partial charge >= 0.3 is 0 Å². The van der Waals surface area contributed by atoms with Gasteiger partial charge in [-0.1, -0.05) is 0 Å². The van der Waals surface area contributed by atoms with Crippen LogP contribution in [0.5, 0.6) is 0 Å². The molecule has 0 fully saturated rings. The average molecular weight is 352 g/mol. The second-order valence-corrected chi connectivity index (χ2v) is 4.51. The Labute approximate surface area is 75.9 Å². The van der Waals surface area contributed by atoms with Gasteiger partial charge in [0.1, 0.15) is 0 Å². The third-order valence-electron chi connectivity index (χ3n) is 0.638. The van der Waals surface area contributed by atoms with Gasteiger partial charge < -0.3 is 0 Å². The molecular formula is C3H3I2N2P. The first-order valence-electron chi connectivity index (χ1n) is 1.90. The van der Waals surface area contributed by atoms with E-state index in [0.29, 0.717) is 0 Å². The summed E-state index contributed by atoms with van der Waals surface area (Å²) >= 11 is 4.53. The van der Waals surface area contributed by atoms with Crippen LogP contribution in [-0.2, 0) is 0 Å². The second kappa shape index (κ2) is 3.31. The highest BCUT2D eigenvalue weighted by molar-refractivity contribution is 14.2. The molecule has 1 aromatic heterocycles. The Bertz CT molecular complexity index is 176. The van der Waals surface area contributed by atoms with Gasteiger partial charge in [-0.15, -0.1) is 0 Å². The third kappa shape index (κ3) is 1.80. The summed E-state index contributed by atoms with van der Waals surface area (Å²) in [6, 6.07) is 0. The molecule has 0 N–H and O–H groups in total. The van der Waals surface area contributed by atoms with Crippen molar-refractivity contribution in [1.29, 1.82) is 0 Å². The van der Waals surface area contributed by atoms with Crippen LogP contribution in [-0.4, -0.2) is 9.55 Å². The summed E-state index contributed by atoms with van der Waals surface area (Å²) in [6.45, 7) is 0. The van der Waals surface area contributed by atoms with E-state index in [1.807, 2.05) is 16.8 Å². The summed E-state index contributed by atoms with van der Waals surface area (Å²) in [5.41, 5.74) is 0. The van der Waals surface area contributed by atoms with Crippen molar-refractivity contribution in [2.45, 2.75) is 0 Å². The molecule has 0 bridgehead atoms. The van der Waals surface area contributed by atoms with Gasteiger partial charge in [0.05, 0.1) is 16.1 Å². The van der Waals surface area contributed by atoms with Crippen LogP contribution in [0.25, 0.3) is 0 Å². The first-order chi connectivity index (χ1) is 3.83. The largest absolute Gasteiger partial charge is 0.244 e. The zero-order valence-corrected chi connectivity index (χ0v) is 9.12. The molecule has 0 amide bonds. The predicted molar refractivity (Wildman–Crippen MR) is 52.7 cm³/mol. The Hall–Kier alpha value is 1.10. The predicted octanol–water partition coefficient (Wildman–Crippen LogP) is 2.28. The van der Waals surface area contributed by atoms with E-state index in [9.17, 15) is 0 Å². The van der Waals surface area contributed by atoms with Crippen molar-refractivity contribution in [3.8, 4) is 0 Å². The van der Waals surface area contributed by atoms with E-state index in [2.05, 4.69) is 49.7 Å². The summed E-state index contributed by atoms with van der Waals surface area (Å²) < 4.78 is 3.12. The van der Waals surface area contributed by atoms with E-state index in [0.717, 1.165) is 6.37 Å². The topological polar surface area (TPSA) is 17.8 Å². The Morgan fingerprint density at radius 1 is 1.75 bits per heavy atom. The quantitative estimate of drug-likeness (QED) is 0.560. The molecule has 8 heavy (non-hydrogen) atoms. The zero-order chi connectivity index (χ0) is 5.98. The number of rotatable bonds is 1. The maximum absolute atomic E-state index is 4.05. The minimum absolute atomic E-state index is 0.722. The molecule has 1 unspecified atom stereocenters. The van der Waals surface area contributed by atoms with E-state index in [1.54, 1.807) is 0 Å². The van der Waals surface area contributed by atoms with Crippen LogP contribution in [0.2, 0.25) is 0 Å². The highest BCUT2D eigenvalue weighted by atomic mass is 127. The highest BCUT2D eigenvalue weighted by Crippen LogP contribution is 2.22. The molecule has 0 aliphatic heterocycles. The minimum atomic E-state index is 0.722.